The smallest absolute Gasteiger partial charge is 0.319 e. The van der Waals surface area contributed by atoms with E-state index in [0.29, 0.717) is 22.6 Å². The van der Waals surface area contributed by atoms with Gasteiger partial charge in [-0.2, -0.15) is 0 Å². The van der Waals surface area contributed by atoms with Crippen molar-refractivity contribution in [2.45, 2.75) is 18.0 Å². The highest BCUT2D eigenvalue weighted by Gasteiger charge is 2.55. The zero-order valence-electron chi connectivity index (χ0n) is 16.7. The van der Waals surface area contributed by atoms with Crippen molar-refractivity contribution in [1.82, 2.24) is 5.32 Å². The van der Waals surface area contributed by atoms with Crippen LogP contribution < -0.4 is 14.8 Å². The molecule has 1 aliphatic heterocycles. The summed E-state index contributed by atoms with van der Waals surface area (Å²) in [5.74, 6) is -2.96. The first-order chi connectivity index (χ1) is 14.4. The second-order valence-electron chi connectivity index (χ2n) is 6.84. The Morgan fingerprint density at radius 1 is 1.00 bits per heavy atom. The number of amides is 1. The molecule has 9 heteroatoms. The summed E-state index contributed by atoms with van der Waals surface area (Å²) in [6.07, 6.45) is 0. The third-order valence-corrected chi connectivity index (χ3v) is 5.28. The van der Waals surface area contributed by atoms with Gasteiger partial charge in [-0.1, -0.05) is 24.3 Å². The quantitative estimate of drug-likeness (QED) is 0.333. The van der Waals surface area contributed by atoms with Gasteiger partial charge in [0.25, 0.3) is 0 Å². The fraction of sp³-hybridized carbons (Fsp3) is 0.333. The highest BCUT2D eigenvalue weighted by molar-refractivity contribution is 6.00. The van der Waals surface area contributed by atoms with Crippen LogP contribution in [0.15, 0.2) is 48.5 Å². The van der Waals surface area contributed by atoms with Crippen LogP contribution in [-0.4, -0.2) is 44.2 Å². The largest absolute Gasteiger partial charge is 0.497 e. The SMILES string of the molecule is COC(=O)C1C(=O)NC(c2cccc(OC)c2)C([N+](=O)[O-])C1c1cccc(OC)c1. The van der Waals surface area contributed by atoms with E-state index in [1.54, 1.807) is 48.5 Å². The van der Waals surface area contributed by atoms with E-state index in [2.05, 4.69) is 5.32 Å². The minimum absolute atomic E-state index is 0.439. The summed E-state index contributed by atoms with van der Waals surface area (Å²) in [4.78, 5) is 37.2. The lowest BCUT2D eigenvalue weighted by Crippen LogP contribution is -2.56. The van der Waals surface area contributed by atoms with Gasteiger partial charge < -0.3 is 19.5 Å². The van der Waals surface area contributed by atoms with E-state index in [0.717, 1.165) is 7.11 Å². The second kappa shape index (κ2) is 8.81. The minimum Gasteiger partial charge on any atom is -0.497 e. The zero-order valence-corrected chi connectivity index (χ0v) is 16.7. The Hall–Kier alpha value is -3.62. The van der Waals surface area contributed by atoms with Crippen molar-refractivity contribution in [2.24, 2.45) is 5.92 Å². The van der Waals surface area contributed by atoms with Crippen LogP contribution >= 0.6 is 0 Å². The molecule has 1 heterocycles. The van der Waals surface area contributed by atoms with Crippen LogP contribution in [0.3, 0.4) is 0 Å². The molecule has 2 aromatic rings. The van der Waals surface area contributed by atoms with Gasteiger partial charge in [-0.3, -0.25) is 19.7 Å². The summed E-state index contributed by atoms with van der Waals surface area (Å²) in [5.41, 5.74) is 0.940. The number of hydrogen-bond acceptors (Lipinski definition) is 7. The van der Waals surface area contributed by atoms with Crippen molar-refractivity contribution in [3.05, 3.63) is 69.8 Å². The first kappa shape index (κ1) is 21.1. The molecule has 1 aliphatic rings. The molecule has 1 N–H and O–H groups in total. The predicted molar refractivity (Wildman–Crippen MR) is 106 cm³/mol. The number of nitrogens with zero attached hydrogens (tertiary/aromatic N) is 1. The monoisotopic (exact) mass is 414 g/mol. The number of nitrogens with one attached hydrogen (secondary N) is 1. The Balaban J connectivity index is 2.17. The molecule has 0 aromatic heterocycles. The molecular formula is C21H22N2O7. The highest BCUT2D eigenvalue weighted by Crippen LogP contribution is 2.42. The molecule has 4 unspecified atom stereocenters. The summed E-state index contributed by atoms with van der Waals surface area (Å²) in [7, 11) is 4.10. The second-order valence-corrected chi connectivity index (χ2v) is 6.84. The summed E-state index contributed by atoms with van der Waals surface area (Å²) in [6, 6.07) is 11.0. The van der Waals surface area contributed by atoms with Gasteiger partial charge in [-0.05, 0) is 35.4 Å². The van der Waals surface area contributed by atoms with Crippen LogP contribution in [0.2, 0.25) is 0 Å². The molecule has 158 valence electrons. The lowest BCUT2D eigenvalue weighted by Gasteiger charge is -2.37. The Labute approximate surface area is 173 Å². The number of benzene rings is 2. The van der Waals surface area contributed by atoms with Crippen LogP contribution in [0.1, 0.15) is 23.1 Å². The van der Waals surface area contributed by atoms with E-state index >= 15 is 0 Å². The average Bonchev–Trinajstić information content (AvgIpc) is 2.77. The van der Waals surface area contributed by atoms with Crippen molar-refractivity contribution in [3.8, 4) is 11.5 Å². The van der Waals surface area contributed by atoms with E-state index < -0.39 is 40.7 Å². The molecule has 30 heavy (non-hydrogen) atoms. The van der Waals surface area contributed by atoms with Gasteiger partial charge in [-0.25, -0.2) is 0 Å². The maximum Gasteiger partial charge on any atom is 0.319 e. The van der Waals surface area contributed by atoms with Crippen molar-refractivity contribution in [2.75, 3.05) is 21.3 Å². The molecule has 0 spiro atoms. The number of carbonyl (C=O) groups excluding carboxylic acids is 2. The van der Waals surface area contributed by atoms with Crippen molar-refractivity contribution in [1.29, 1.82) is 0 Å². The molecule has 1 amide bonds. The van der Waals surface area contributed by atoms with Gasteiger partial charge in [0.2, 0.25) is 11.9 Å². The molecule has 1 fully saturated rings. The van der Waals surface area contributed by atoms with Gasteiger partial charge in [0.15, 0.2) is 0 Å². The van der Waals surface area contributed by atoms with Gasteiger partial charge in [-0.15, -0.1) is 0 Å². The molecule has 9 nitrogen and oxygen atoms in total. The first-order valence-corrected chi connectivity index (χ1v) is 9.20. The van der Waals surface area contributed by atoms with E-state index in [1.807, 2.05) is 0 Å². The third-order valence-electron chi connectivity index (χ3n) is 5.28. The number of carbonyl (C=O) groups is 2. The predicted octanol–water partition coefficient (Wildman–Crippen LogP) is 2.09. The van der Waals surface area contributed by atoms with Crippen LogP contribution in [0.4, 0.5) is 0 Å². The summed E-state index contributed by atoms with van der Waals surface area (Å²) in [6.45, 7) is 0. The molecule has 3 rings (SSSR count). The molecular weight excluding hydrogens is 392 g/mol. The van der Waals surface area contributed by atoms with Crippen molar-refractivity contribution < 1.29 is 28.7 Å². The summed E-state index contributed by atoms with van der Waals surface area (Å²) < 4.78 is 15.2. The Morgan fingerprint density at radius 2 is 1.57 bits per heavy atom. The lowest BCUT2D eigenvalue weighted by molar-refractivity contribution is -0.534. The van der Waals surface area contributed by atoms with E-state index in [9.17, 15) is 19.7 Å². The van der Waals surface area contributed by atoms with Gasteiger partial charge in [0, 0.05) is 4.92 Å². The normalized spacial score (nSPS) is 23.2. The van der Waals surface area contributed by atoms with E-state index in [1.165, 1.54) is 14.2 Å². The highest BCUT2D eigenvalue weighted by atomic mass is 16.6. The minimum atomic E-state index is -1.38. The number of methoxy groups -OCH3 is 3. The Bertz CT molecular complexity index is 962. The Morgan fingerprint density at radius 3 is 2.10 bits per heavy atom. The van der Waals surface area contributed by atoms with Crippen LogP contribution in [-0.2, 0) is 14.3 Å². The molecule has 0 bridgehead atoms. The maximum absolute atomic E-state index is 12.9. The van der Waals surface area contributed by atoms with Gasteiger partial charge in [0.05, 0.1) is 27.2 Å². The number of nitro groups is 1. The lowest BCUT2D eigenvalue weighted by atomic mass is 9.73. The maximum atomic E-state index is 12.9. The van der Waals surface area contributed by atoms with Crippen LogP contribution in [0.5, 0.6) is 11.5 Å². The fourth-order valence-electron chi connectivity index (χ4n) is 3.88. The number of rotatable bonds is 6. The van der Waals surface area contributed by atoms with Crippen LogP contribution in [0.25, 0.3) is 0 Å². The van der Waals surface area contributed by atoms with Gasteiger partial charge in [0.1, 0.15) is 23.5 Å². The molecule has 0 radical (unpaired) electrons. The Kier molecular flexibility index (Phi) is 6.20. The fourth-order valence-corrected chi connectivity index (χ4v) is 3.88. The average molecular weight is 414 g/mol. The third kappa shape index (κ3) is 3.91. The van der Waals surface area contributed by atoms with Crippen LogP contribution in [0, 0.1) is 16.0 Å². The number of hydrogen-bond donors (Lipinski definition) is 1. The van der Waals surface area contributed by atoms with E-state index in [-0.39, 0.29) is 0 Å². The molecule has 4 atom stereocenters. The van der Waals surface area contributed by atoms with Gasteiger partial charge >= 0.3 is 5.97 Å². The summed E-state index contributed by atoms with van der Waals surface area (Å²) in [5, 5.41) is 14.9. The number of ether oxygens (including phenoxy) is 3. The topological polar surface area (TPSA) is 117 Å². The zero-order chi connectivity index (χ0) is 21.8. The van der Waals surface area contributed by atoms with Crippen molar-refractivity contribution in [3.63, 3.8) is 0 Å². The molecule has 2 aromatic carbocycles. The first-order valence-electron chi connectivity index (χ1n) is 9.20. The van der Waals surface area contributed by atoms with Crippen molar-refractivity contribution >= 4 is 11.9 Å². The summed E-state index contributed by atoms with van der Waals surface area (Å²) >= 11 is 0. The number of piperidine rings is 1. The molecule has 1 saturated heterocycles. The molecule has 0 aliphatic carbocycles. The van der Waals surface area contributed by atoms with E-state index in [4.69, 9.17) is 14.2 Å². The standard InChI is InChI=1S/C21H22N2O7/c1-28-14-8-4-6-12(10-14)16-17(21(25)30-3)20(24)22-18(19(16)23(26)27)13-7-5-9-15(11-13)29-2/h4-11,16-19H,1-3H3,(H,22,24). The molecule has 0 saturated carbocycles. The number of esters is 1.